The van der Waals surface area contributed by atoms with Gasteiger partial charge in [-0.05, 0) is 81.5 Å². The Bertz CT molecular complexity index is 1720. The zero-order valence-corrected chi connectivity index (χ0v) is 22.8. The van der Waals surface area contributed by atoms with Gasteiger partial charge in [0.05, 0.1) is 21.2 Å². The van der Waals surface area contributed by atoms with Gasteiger partial charge in [-0.3, -0.25) is 19.1 Å². The number of rotatable bonds is 5. The second-order valence-electron chi connectivity index (χ2n) is 10.0. The Labute approximate surface area is 223 Å². The van der Waals surface area contributed by atoms with E-state index in [1.54, 1.807) is 30.1 Å². The number of nitrogens with zero attached hydrogens (tertiary/aromatic N) is 3. The highest BCUT2D eigenvalue weighted by molar-refractivity contribution is 7.21. The first kappa shape index (κ1) is 25.3. The van der Waals surface area contributed by atoms with Gasteiger partial charge in [0, 0.05) is 34.7 Å². The molecular formula is C29H26ClN3O3S. The van der Waals surface area contributed by atoms with E-state index in [2.05, 4.69) is 4.98 Å². The molecule has 3 heterocycles. The summed E-state index contributed by atoms with van der Waals surface area (Å²) in [6, 6.07) is 13.2. The Hall–Kier alpha value is -3.39. The number of aromatic nitrogens is 3. The Kier molecular flexibility index (Phi) is 6.48. The molecule has 0 saturated carbocycles. The van der Waals surface area contributed by atoms with Crippen LogP contribution in [-0.2, 0) is 9.53 Å². The third-order valence-corrected chi connectivity index (χ3v) is 7.41. The summed E-state index contributed by atoms with van der Waals surface area (Å²) in [5, 5.41) is 2.49. The average Bonchev–Trinajstić information content (AvgIpc) is 3.25. The van der Waals surface area contributed by atoms with Gasteiger partial charge in [0.1, 0.15) is 6.10 Å². The van der Waals surface area contributed by atoms with Gasteiger partial charge in [0.25, 0.3) is 5.56 Å². The molecule has 0 radical (unpaired) electrons. The zero-order chi connectivity index (χ0) is 26.5. The number of fused-ring (bicyclic) bond motifs is 2. The molecular weight excluding hydrogens is 506 g/mol. The number of thiazole rings is 1. The molecule has 8 heteroatoms. The third kappa shape index (κ3) is 4.82. The third-order valence-electron chi connectivity index (χ3n) is 6.07. The molecule has 0 aliphatic carbocycles. The summed E-state index contributed by atoms with van der Waals surface area (Å²) in [6.07, 6.45) is 4.20. The SMILES string of the molecule is CC(=O)[C@@H](OC(C)(C)C)c1c(C)cc2nc(-n3ccc4ccncc4c3=O)sc2c1-c1ccc(Cl)cc1. The van der Waals surface area contributed by atoms with Crippen LogP contribution < -0.4 is 5.56 Å². The van der Waals surface area contributed by atoms with Crippen LogP contribution in [0.1, 0.15) is 44.9 Å². The average molecular weight is 532 g/mol. The lowest BCUT2D eigenvalue weighted by atomic mass is 9.90. The predicted molar refractivity (Wildman–Crippen MR) is 150 cm³/mol. The number of ketones is 1. The van der Waals surface area contributed by atoms with Gasteiger partial charge in [-0.2, -0.15) is 0 Å². The van der Waals surface area contributed by atoms with Gasteiger partial charge < -0.3 is 4.74 Å². The quantitative estimate of drug-likeness (QED) is 0.242. The van der Waals surface area contributed by atoms with Crippen LogP contribution in [0.3, 0.4) is 0 Å². The van der Waals surface area contributed by atoms with Crippen molar-refractivity contribution in [2.45, 2.75) is 46.3 Å². The second-order valence-corrected chi connectivity index (χ2v) is 11.4. The van der Waals surface area contributed by atoms with Crippen LogP contribution >= 0.6 is 22.9 Å². The summed E-state index contributed by atoms with van der Waals surface area (Å²) < 4.78 is 8.71. The normalized spacial score (nSPS) is 12.8. The molecule has 0 aliphatic heterocycles. The first-order valence-corrected chi connectivity index (χ1v) is 13.1. The van der Waals surface area contributed by atoms with Crippen molar-refractivity contribution in [1.29, 1.82) is 0 Å². The molecule has 1 atom stereocenters. The molecule has 0 fully saturated rings. The van der Waals surface area contributed by atoms with Crippen molar-refractivity contribution in [3.8, 4) is 16.3 Å². The number of halogens is 1. The molecule has 5 rings (SSSR count). The fourth-order valence-electron chi connectivity index (χ4n) is 4.47. The highest BCUT2D eigenvalue weighted by Gasteiger charge is 2.30. The standard InChI is InChI=1S/C29H26ClN3O3S/c1-16-14-22-26(37-28(32-22)33-13-11-18-10-12-31-15-21(18)27(33)35)24(19-6-8-20(30)9-7-19)23(16)25(17(2)34)36-29(3,4)5/h6-15,25H,1-5H3/t25-/m1/s1. The lowest BCUT2D eigenvalue weighted by Gasteiger charge is -2.29. The van der Waals surface area contributed by atoms with Gasteiger partial charge in [-0.15, -0.1) is 0 Å². The first-order valence-electron chi connectivity index (χ1n) is 11.9. The van der Waals surface area contributed by atoms with E-state index < -0.39 is 11.7 Å². The molecule has 6 nitrogen and oxygen atoms in total. The molecule has 0 saturated heterocycles. The van der Waals surface area contributed by atoms with Crippen LogP contribution in [0.5, 0.6) is 0 Å². The number of hydrogen-bond acceptors (Lipinski definition) is 6. The predicted octanol–water partition coefficient (Wildman–Crippen LogP) is 7.07. The molecule has 0 amide bonds. The number of ether oxygens (including phenoxy) is 1. The van der Waals surface area contributed by atoms with Crippen molar-refractivity contribution in [2.24, 2.45) is 0 Å². The molecule has 188 valence electrons. The van der Waals surface area contributed by atoms with E-state index in [9.17, 15) is 9.59 Å². The summed E-state index contributed by atoms with van der Waals surface area (Å²) in [5.74, 6) is -0.0874. The monoisotopic (exact) mass is 531 g/mol. The van der Waals surface area contributed by atoms with Gasteiger partial charge in [-0.25, -0.2) is 4.98 Å². The van der Waals surface area contributed by atoms with Crippen molar-refractivity contribution in [1.82, 2.24) is 14.5 Å². The molecule has 5 aromatic rings. The lowest BCUT2D eigenvalue weighted by Crippen LogP contribution is -2.27. The van der Waals surface area contributed by atoms with E-state index in [1.165, 1.54) is 11.3 Å². The minimum atomic E-state index is -0.768. The van der Waals surface area contributed by atoms with Crippen LogP contribution in [0.15, 0.2) is 65.8 Å². The second kappa shape index (κ2) is 9.49. The number of aryl methyl sites for hydroxylation is 1. The van der Waals surface area contributed by atoms with E-state index in [1.807, 2.05) is 70.2 Å². The minimum absolute atomic E-state index is 0.0874. The number of carbonyl (C=O) groups excluding carboxylic acids is 1. The summed E-state index contributed by atoms with van der Waals surface area (Å²) in [6.45, 7) is 9.31. The molecule has 0 spiro atoms. The van der Waals surface area contributed by atoms with Crippen LogP contribution in [0.25, 0.3) is 37.2 Å². The minimum Gasteiger partial charge on any atom is -0.360 e. The number of hydrogen-bond donors (Lipinski definition) is 0. The summed E-state index contributed by atoms with van der Waals surface area (Å²) in [7, 11) is 0. The van der Waals surface area contributed by atoms with Crippen molar-refractivity contribution in [2.75, 3.05) is 0 Å². The Morgan fingerprint density at radius 2 is 1.86 bits per heavy atom. The van der Waals surface area contributed by atoms with Crippen molar-refractivity contribution in [3.05, 3.63) is 87.6 Å². The number of pyridine rings is 2. The topological polar surface area (TPSA) is 74.1 Å². The van der Waals surface area contributed by atoms with Crippen molar-refractivity contribution in [3.63, 3.8) is 0 Å². The lowest BCUT2D eigenvalue weighted by molar-refractivity contribution is -0.138. The number of carbonyl (C=O) groups is 1. The maximum atomic E-state index is 13.3. The van der Waals surface area contributed by atoms with E-state index in [0.29, 0.717) is 15.5 Å². The highest BCUT2D eigenvalue weighted by Crippen LogP contribution is 2.43. The molecule has 2 aromatic carbocycles. The molecule has 0 bridgehead atoms. The smallest absolute Gasteiger partial charge is 0.266 e. The fraction of sp³-hybridized carbons (Fsp3) is 0.241. The molecule has 37 heavy (non-hydrogen) atoms. The molecule has 0 N–H and O–H groups in total. The van der Waals surface area contributed by atoms with E-state index in [0.717, 1.165) is 37.9 Å². The van der Waals surface area contributed by atoms with Crippen LogP contribution in [-0.4, -0.2) is 25.9 Å². The Morgan fingerprint density at radius 3 is 2.54 bits per heavy atom. The number of benzene rings is 2. The van der Waals surface area contributed by atoms with Gasteiger partial charge in [0.2, 0.25) is 0 Å². The molecule has 0 unspecified atom stereocenters. The largest absolute Gasteiger partial charge is 0.360 e. The van der Waals surface area contributed by atoms with Crippen molar-refractivity contribution >= 4 is 49.7 Å². The van der Waals surface area contributed by atoms with E-state index in [4.69, 9.17) is 21.3 Å². The molecule has 0 aliphatic rings. The summed E-state index contributed by atoms with van der Waals surface area (Å²) >= 11 is 7.61. The summed E-state index contributed by atoms with van der Waals surface area (Å²) in [5.41, 5.74) is 3.43. The maximum Gasteiger partial charge on any atom is 0.266 e. The Balaban J connectivity index is 1.81. The molecule has 3 aromatic heterocycles. The maximum absolute atomic E-state index is 13.3. The van der Waals surface area contributed by atoms with E-state index in [-0.39, 0.29) is 11.3 Å². The van der Waals surface area contributed by atoms with Crippen LogP contribution in [0.2, 0.25) is 5.02 Å². The zero-order valence-electron chi connectivity index (χ0n) is 21.2. The van der Waals surface area contributed by atoms with Crippen molar-refractivity contribution < 1.29 is 9.53 Å². The summed E-state index contributed by atoms with van der Waals surface area (Å²) in [4.78, 5) is 35.2. The van der Waals surface area contributed by atoms with Gasteiger partial charge >= 0.3 is 0 Å². The fourth-order valence-corrected chi connectivity index (χ4v) is 5.71. The van der Waals surface area contributed by atoms with Crippen LogP contribution in [0, 0.1) is 6.92 Å². The Morgan fingerprint density at radius 1 is 1.14 bits per heavy atom. The van der Waals surface area contributed by atoms with E-state index >= 15 is 0 Å². The number of Topliss-reactive ketones (excluding diaryl/α,β-unsaturated/α-hetero) is 1. The van der Waals surface area contributed by atoms with Gasteiger partial charge in [0.15, 0.2) is 10.9 Å². The first-order chi connectivity index (χ1) is 17.5. The highest BCUT2D eigenvalue weighted by atomic mass is 35.5. The van der Waals surface area contributed by atoms with Crippen LogP contribution in [0.4, 0.5) is 0 Å². The van der Waals surface area contributed by atoms with Gasteiger partial charge in [-0.1, -0.05) is 35.1 Å².